The Morgan fingerprint density at radius 3 is 2.59 bits per heavy atom. The molecule has 2 aromatic rings. The number of anilines is 1. The number of aromatic nitrogens is 1. The number of halogens is 2. The minimum Gasteiger partial charge on any atom is -0.331 e. The topological polar surface area (TPSA) is 74.0 Å². The molecule has 0 spiro atoms. The lowest BCUT2D eigenvalue weighted by Gasteiger charge is -2.16. The molecule has 7 heteroatoms. The lowest BCUT2D eigenvalue weighted by Crippen LogP contribution is -2.31. The summed E-state index contributed by atoms with van der Waals surface area (Å²) in [6, 6.07) is 3.76. The summed E-state index contributed by atoms with van der Waals surface area (Å²) in [6.45, 7) is 3.33. The summed E-state index contributed by atoms with van der Waals surface area (Å²) in [5, 5.41) is 5.18. The van der Waals surface area contributed by atoms with Crippen LogP contribution in [0.15, 0.2) is 35.3 Å². The molecule has 0 saturated heterocycles. The van der Waals surface area contributed by atoms with Crippen molar-refractivity contribution in [2.24, 2.45) is 0 Å². The van der Waals surface area contributed by atoms with Crippen molar-refractivity contribution in [3.05, 3.63) is 63.6 Å². The Morgan fingerprint density at radius 1 is 1.23 bits per heavy atom. The van der Waals surface area contributed by atoms with E-state index in [2.05, 4.69) is 15.6 Å². The number of H-pyrrole nitrogens is 1. The van der Waals surface area contributed by atoms with Gasteiger partial charge in [-0.25, -0.2) is 13.6 Å². The molecule has 2 rings (SSSR count). The average molecular weight is 307 g/mol. The van der Waals surface area contributed by atoms with E-state index in [4.69, 9.17) is 0 Å². The molecular formula is C15H15F2N3O2. The number of carbonyl (C=O) groups is 1. The second kappa shape index (κ2) is 6.38. The minimum atomic E-state index is -0.969. The Hall–Kier alpha value is -2.70. The third-order valence-corrected chi connectivity index (χ3v) is 3.17. The first-order valence-corrected chi connectivity index (χ1v) is 6.58. The van der Waals surface area contributed by atoms with Gasteiger partial charge in [0.1, 0.15) is 0 Å². The molecule has 0 fully saturated rings. The van der Waals surface area contributed by atoms with Crippen molar-refractivity contribution < 1.29 is 13.6 Å². The third-order valence-electron chi connectivity index (χ3n) is 3.17. The van der Waals surface area contributed by atoms with Crippen LogP contribution in [0.5, 0.6) is 0 Å². The molecule has 116 valence electrons. The number of aromatic amines is 1. The predicted molar refractivity (Wildman–Crippen MR) is 78.7 cm³/mol. The molecule has 0 aliphatic heterocycles. The van der Waals surface area contributed by atoms with Gasteiger partial charge in [0.15, 0.2) is 11.6 Å². The number of hydrogen-bond acceptors (Lipinski definition) is 2. The fourth-order valence-corrected chi connectivity index (χ4v) is 1.93. The van der Waals surface area contributed by atoms with Gasteiger partial charge >= 0.3 is 6.03 Å². The highest BCUT2D eigenvalue weighted by molar-refractivity contribution is 5.90. The Kier molecular flexibility index (Phi) is 4.55. The van der Waals surface area contributed by atoms with Gasteiger partial charge in [0.05, 0.1) is 11.7 Å². The number of carbonyl (C=O) groups excluding carboxylic acids is 1. The van der Waals surface area contributed by atoms with Crippen molar-refractivity contribution in [1.29, 1.82) is 0 Å². The first-order valence-electron chi connectivity index (χ1n) is 6.58. The van der Waals surface area contributed by atoms with E-state index in [1.165, 1.54) is 18.3 Å². The first-order chi connectivity index (χ1) is 10.4. The number of amides is 2. The molecule has 0 radical (unpaired) electrons. The number of rotatable bonds is 3. The van der Waals surface area contributed by atoms with Gasteiger partial charge in [0.2, 0.25) is 5.56 Å². The Balaban J connectivity index is 2.04. The van der Waals surface area contributed by atoms with Gasteiger partial charge in [-0.2, -0.15) is 0 Å². The zero-order valence-electron chi connectivity index (χ0n) is 12.0. The van der Waals surface area contributed by atoms with Crippen LogP contribution in [-0.2, 0) is 0 Å². The van der Waals surface area contributed by atoms with Crippen LogP contribution in [0, 0.1) is 18.6 Å². The van der Waals surface area contributed by atoms with Gasteiger partial charge in [-0.3, -0.25) is 4.79 Å². The summed E-state index contributed by atoms with van der Waals surface area (Å²) >= 11 is 0. The zero-order valence-corrected chi connectivity index (χ0v) is 12.0. The monoisotopic (exact) mass is 307 g/mol. The van der Waals surface area contributed by atoms with Gasteiger partial charge in [-0.15, -0.1) is 0 Å². The summed E-state index contributed by atoms with van der Waals surface area (Å²) in [7, 11) is 0. The van der Waals surface area contributed by atoms with Gasteiger partial charge in [-0.05, 0) is 37.1 Å². The van der Waals surface area contributed by atoms with Crippen molar-refractivity contribution >= 4 is 11.7 Å². The molecule has 1 aromatic heterocycles. The molecule has 1 aromatic carbocycles. The number of aryl methyl sites for hydroxylation is 1. The van der Waals surface area contributed by atoms with E-state index >= 15 is 0 Å². The standard InChI is InChI=1S/C15H15F2N3O2/c1-8-5-14(21)18-7-13(8)20-15(22)19-9(2)10-3-4-11(16)12(17)6-10/h3-7,9H,1-2H3,(H,18,21)(H2,19,20,22)/t9-/m0/s1. The maximum absolute atomic E-state index is 13.2. The van der Waals surface area contributed by atoms with Gasteiger partial charge in [0, 0.05) is 12.3 Å². The van der Waals surface area contributed by atoms with Gasteiger partial charge < -0.3 is 15.6 Å². The van der Waals surface area contributed by atoms with Gasteiger partial charge in [-0.1, -0.05) is 6.07 Å². The third kappa shape index (κ3) is 3.69. The smallest absolute Gasteiger partial charge is 0.319 e. The van der Waals surface area contributed by atoms with Crippen molar-refractivity contribution in [2.45, 2.75) is 19.9 Å². The summed E-state index contributed by atoms with van der Waals surface area (Å²) < 4.78 is 26.1. The van der Waals surface area contributed by atoms with Crippen LogP contribution in [0.25, 0.3) is 0 Å². The number of nitrogens with one attached hydrogen (secondary N) is 3. The van der Waals surface area contributed by atoms with Gasteiger partial charge in [0.25, 0.3) is 0 Å². The quantitative estimate of drug-likeness (QED) is 0.815. The van der Waals surface area contributed by atoms with E-state index in [0.717, 1.165) is 12.1 Å². The second-order valence-electron chi connectivity index (χ2n) is 4.89. The predicted octanol–water partition coefficient (Wildman–Crippen LogP) is 2.84. The molecule has 1 atom stereocenters. The Morgan fingerprint density at radius 2 is 1.95 bits per heavy atom. The van der Waals surface area contributed by atoms with Crippen LogP contribution in [-0.4, -0.2) is 11.0 Å². The second-order valence-corrected chi connectivity index (χ2v) is 4.89. The maximum atomic E-state index is 13.2. The van der Waals surface area contributed by atoms with Crippen LogP contribution in [0.1, 0.15) is 24.1 Å². The van der Waals surface area contributed by atoms with Crippen LogP contribution in [0.3, 0.4) is 0 Å². The normalized spacial score (nSPS) is 11.8. The van der Waals surface area contributed by atoms with E-state index in [1.54, 1.807) is 13.8 Å². The molecular weight excluding hydrogens is 292 g/mol. The number of hydrogen-bond donors (Lipinski definition) is 3. The molecule has 2 amide bonds. The van der Waals surface area contributed by atoms with E-state index in [1.807, 2.05) is 0 Å². The highest BCUT2D eigenvalue weighted by Crippen LogP contribution is 2.16. The zero-order chi connectivity index (χ0) is 16.3. The van der Waals surface area contributed by atoms with Crippen molar-refractivity contribution in [1.82, 2.24) is 10.3 Å². The average Bonchev–Trinajstić information content (AvgIpc) is 2.45. The number of pyridine rings is 1. The molecule has 1 heterocycles. The van der Waals surface area contributed by atoms with Crippen molar-refractivity contribution in [3.63, 3.8) is 0 Å². The molecule has 0 bridgehead atoms. The largest absolute Gasteiger partial charge is 0.331 e. The molecule has 3 N–H and O–H groups in total. The molecule has 0 aliphatic carbocycles. The van der Waals surface area contributed by atoms with Crippen molar-refractivity contribution in [3.8, 4) is 0 Å². The van der Waals surface area contributed by atoms with Crippen LogP contribution < -0.4 is 16.2 Å². The molecule has 5 nitrogen and oxygen atoms in total. The van der Waals surface area contributed by atoms with Crippen LogP contribution in [0.4, 0.5) is 19.3 Å². The summed E-state index contributed by atoms with van der Waals surface area (Å²) in [5.74, 6) is -1.91. The molecule has 0 unspecified atom stereocenters. The highest BCUT2D eigenvalue weighted by Gasteiger charge is 2.12. The van der Waals surface area contributed by atoms with E-state index in [9.17, 15) is 18.4 Å². The Bertz CT molecular complexity index is 759. The summed E-state index contributed by atoms with van der Waals surface area (Å²) in [5.41, 5.74) is 1.24. The highest BCUT2D eigenvalue weighted by atomic mass is 19.2. The SMILES string of the molecule is Cc1cc(=O)[nH]cc1NC(=O)N[C@@H](C)c1ccc(F)c(F)c1. The fourth-order valence-electron chi connectivity index (χ4n) is 1.93. The number of benzene rings is 1. The Labute approximate surface area is 125 Å². The first kappa shape index (κ1) is 15.7. The van der Waals surface area contributed by atoms with Crippen LogP contribution >= 0.6 is 0 Å². The van der Waals surface area contributed by atoms with Crippen LogP contribution in [0.2, 0.25) is 0 Å². The molecule has 22 heavy (non-hydrogen) atoms. The van der Waals surface area contributed by atoms with E-state index < -0.39 is 23.7 Å². The lowest BCUT2D eigenvalue weighted by atomic mass is 10.1. The van der Waals surface area contributed by atoms with Crippen molar-refractivity contribution in [2.75, 3.05) is 5.32 Å². The molecule has 0 saturated carbocycles. The minimum absolute atomic E-state index is 0.265. The molecule has 0 aliphatic rings. The maximum Gasteiger partial charge on any atom is 0.319 e. The summed E-state index contributed by atoms with van der Waals surface area (Å²) in [6.07, 6.45) is 1.39. The summed E-state index contributed by atoms with van der Waals surface area (Å²) in [4.78, 5) is 25.5. The lowest BCUT2D eigenvalue weighted by molar-refractivity contribution is 0.249. The van der Waals surface area contributed by atoms with E-state index in [0.29, 0.717) is 16.8 Å². The fraction of sp³-hybridized carbons (Fsp3) is 0.200. The number of urea groups is 1. The van der Waals surface area contributed by atoms with E-state index in [-0.39, 0.29) is 5.56 Å².